The van der Waals surface area contributed by atoms with E-state index in [1.54, 1.807) is 0 Å². The van der Waals surface area contributed by atoms with E-state index in [0.717, 1.165) is 0 Å². The highest BCUT2D eigenvalue weighted by Crippen LogP contribution is 2.52. The van der Waals surface area contributed by atoms with E-state index >= 15 is 0 Å². The van der Waals surface area contributed by atoms with E-state index in [1.165, 1.54) is 6.92 Å². The Labute approximate surface area is 63.2 Å². The minimum Gasteiger partial charge on any atom is -0.383 e. The summed E-state index contributed by atoms with van der Waals surface area (Å²) in [6.07, 6.45) is -0.0259. The van der Waals surface area contributed by atoms with Crippen LogP contribution in [0.2, 0.25) is 0 Å². The van der Waals surface area contributed by atoms with E-state index in [-0.39, 0.29) is 12.8 Å². The van der Waals surface area contributed by atoms with Crippen LogP contribution in [-0.4, -0.2) is 22.9 Å². The van der Waals surface area contributed by atoms with Crippen LogP contribution in [0.25, 0.3) is 0 Å². The van der Waals surface area contributed by atoms with Crippen molar-refractivity contribution in [1.82, 2.24) is 0 Å². The van der Waals surface area contributed by atoms with Crippen molar-refractivity contribution in [3.8, 4) is 0 Å². The Morgan fingerprint density at radius 1 is 1.82 bits per heavy atom. The number of aldehydes is 1. The molecule has 64 valence electrons. The standard InChI is InChI=1S/C7H10F2O2/c1-6(11,4-10)2-5-3-7(5,8)9/h4-5,11H,2-3H2,1H3. The van der Waals surface area contributed by atoms with Crippen molar-refractivity contribution in [2.24, 2.45) is 5.92 Å². The molecule has 11 heavy (non-hydrogen) atoms. The lowest BCUT2D eigenvalue weighted by Gasteiger charge is -2.14. The normalized spacial score (nSPS) is 32.5. The van der Waals surface area contributed by atoms with Gasteiger partial charge in [0, 0.05) is 12.3 Å². The molecule has 1 aliphatic carbocycles. The molecule has 1 fully saturated rings. The average Bonchev–Trinajstić information content (AvgIpc) is 2.39. The lowest BCUT2D eigenvalue weighted by Crippen LogP contribution is -2.27. The highest BCUT2D eigenvalue weighted by Gasteiger charge is 2.58. The van der Waals surface area contributed by atoms with Gasteiger partial charge in [0.1, 0.15) is 5.60 Å². The number of halogens is 2. The molecule has 0 saturated heterocycles. The Hall–Kier alpha value is -0.510. The highest BCUT2D eigenvalue weighted by atomic mass is 19.3. The fourth-order valence-corrected chi connectivity index (χ4v) is 1.04. The summed E-state index contributed by atoms with van der Waals surface area (Å²) >= 11 is 0. The van der Waals surface area contributed by atoms with Gasteiger partial charge in [0.2, 0.25) is 0 Å². The molecule has 0 aromatic carbocycles. The Balaban J connectivity index is 2.39. The van der Waals surface area contributed by atoms with Crippen molar-refractivity contribution in [2.45, 2.75) is 31.3 Å². The minimum atomic E-state index is -2.65. The number of hydrogen-bond acceptors (Lipinski definition) is 2. The Morgan fingerprint density at radius 3 is 2.55 bits per heavy atom. The van der Waals surface area contributed by atoms with E-state index < -0.39 is 17.4 Å². The first-order valence-corrected chi connectivity index (χ1v) is 3.44. The van der Waals surface area contributed by atoms with Crippen molar-refractivity contribution >= 4 is 6.29 Å². The Kier molecular flexibility index (Phi) is 1.75. The fourth-order valence-electron chi connectivity index (χ4n) is 1.04. The van der Waals surface area contributed by atoms with Gasteiger partial charge >= 0.3 is 0 Å². The van der Waals surface area contributed by atoms with Crippen LogP contribution in [0, 0.1) is 5.92 Å². The third-order valence-corrected chi connectivity index (χ3v) is 1.87. The zero-order valence-electron chi connectivity index (χ0n) is 6.18. The van der Waals surface area contributed by atoms with E-state index in [2.05, 4.69) is 0 Å². The van der Waals surface area contributed by atoms with Crippen LogP contribution in [0.5, 0.6) is 0 Å². The van der Waals surface area contributed by atoms with Gasteiger partial charge in [-0.1, -0.05) is 0 Å². The molecule has 0 aliphatic heterocycles. The maximum absolute atomic E-state index is 12.2. The molecule has 0 amide bonds. The maximum Gasteiger partial charge on any atom is 0.251 e. The second-order valence-electron chi connectivity index (χ2n) is 3.34. The second kappa shape index (κ2) is 2.24. The Bertz CT molecular complexity index is 177. The van der Waals surface area contributed by atoms with E-state index in [0.29, 0.717) is 6.29 Å². The number of carbonyl (C=O) groups is 1. The summed E-state index contributed by atoms with van der Waals surface area (Å²) in [7, 11) is 0. The molecule has 0 bridgehead atoms. The van der Waals surface area contributed by atoms with Crippen LogP contribution in [0.4, 0.5) is 8.78 Å². The molecule has 1 N–H and O–H groups in total. The zero-order valence-corrected chi connectivity index (χ0v) is 6.18. The molecular formula is C7H10F2O2. The molecular weight excluding hydrogens is 154 g/mol. The van der Waals surface area contributed by atoms with Crippen molar-refractivity contribution < 1.29 is 18.7 Å². The van der Waals surface area contributed by atoms with Crippen LogP contribution < -0.4 is 0 Å². The third kappa shape index (κ3) is 1.96. The average molecular weight is 164 g/mol. The predicted molar refractivity (Wildman–Crippen MR) is 34.4 cm³/mol. The predicted octanol–water partition coefficient (Wildman–Crippen LogP) is 0.982. The summed E-state index contributed by atoms with van der Waals surface area (Å²) in [6.45, 7) is 1.24. The first kappa shape index (κ1) is 8.59. The highest BCUT2D eigenvalue weighted by molar-refractivity contribution is 5.61. The van der Waals surface area contributed by atoms with Crippen molar-refractivity contribution in [2.75, 3.05) is 0 Å². The van der Waals surface area contributed by atoms with Gasteiger partial charge in [0.15, 0.2) is 6.29 Å². The van der Waals surface area contributed by atoms with Gasteiger partial charge in [-0.05, 0) is 13.3 Å². The van der Waals surface area contributed by atoms with Gasteiger partial charge in [-0.15, -0.1) is 0 Å². The summed E-state index contributed by atoms with van der Waals surface area (Å²) in [6, 6.07) is 0. The summed E-state index contributed by atoms with van der Waals surface area (Å²) in [5.74, 6) is -3.45. The summed E-state index contributed by atoms with van der Waals surface area (Å²) < 4.78 is 24.5. The van der Waals surface area contributed by atoms with Crippen LogP contribution >= 0.6 is 0 Å². The minimum absolute atomic E-state index is 0.135. The van der Waals surface area contributed by atoms with Crippen molar-refractivity contribution in [3.63, 3.8) is 0 Å². The van der Waals surface area contributed by atoms with Crippen molar-refractivity contribution in [3.05, 3.63) is 0 Å². The molecule has 2 atom stereocenters. The van der Waals surface area contributed by atoms with E-state index in [1.807, 2.05) is 0 Å². The van der Waals surface area contributed by atoms with Crippen molar-refractivity contribution in [1.29, 1.82) is 0 Å². The van der Waals surface area contributed by atoms with E-state index in [4.69, 9.17) is 5.11 Å². The van der Waals surface area contributed by atoms with E-state index in [9.17, 15) is 13.6 Å². The molecule has 4 heteroatoms. The first-order chi connectivity index (χ1) is 4.87. The van der Waals surface area contributed by atoms with Crippen LogP contribution in [0.3, 0.4) is 0 Å². The third-order valence-electron chi connectivity index (χ3n) is 1.87. The topological polar surface area (TPSA) is 37.3 Å². The first-order valence-electron chi connectivity index (χ1n) is 3.44. The lowest BCUT2D eigenvalue weighted by atomic mass is 10.0. The van der Waals surface area contributed by atoms with Gasteiger partial charge in [0.05, 0.1) is 0 Å². The molecule has 0 aromatic heterocycles. The maximum atomic E-state index is 12.2. The van der Waals surface area contributed by atoms with Gasteiger partial charge < -0.3 is 9.90 Å². The summed E-state index contributed by atoms with van der Waals surface area (Å²) in [4.78, 5) is 10.1. The SMILES string of the molecule is CC(O)(C=O)CC1CC1(F)F. The van der Waals surface area contributed by atoms with Crippen LogP contribution in [0.1, 0.15) is 19.8 Å². The zero-order chi connectivity index (χ0) is 8.70. The largest absolute Gasteiger partial charge is 0.383 e. The molecule has 0 radical (unpaired) electrons. The number of carbonyl (C=O) groups excluding carboxylic acids is 1. The van der Waals surface area contributed by atoms with Gasteiger partial charge in [-0.2, -0.15) is 0 Å². The van der Waals surface area contributed by atoms with Gasteiger partial charge in [-0.25, -0.2) is 8.78 Å². The van der Waals surface area contributed by atoms with Crippen LogP contribution in [0.15, 0.2) is 0 Å². The van der Waals surface area contributed by atoms with Gasteiger partial charge in [0.25, 0.3) is 5.92 Å². The number of rotatable bonds is 3. The molecule has 2 unspecified atom stereocenters. The number of alkyl halides is 2. The molecule has 1 rings (SSSR count). The summed E-state index contributed by atoms with van der Waals surface area (Å²) in [5, 5.41) is 9.06. The monoisotopic (exact) mass is 164 g/mol. The molecule has 0 heterocycles. The quantitative estimate of drug-likeness (QED) is 0.631. The summed E-state index contributed by atoms with van der Waals surface area (Å²) in [5.41, 5.74) is -1.58. The lowest BCUT2D eigenvalue weighted by molar-refractivity contribution is -0.123. The second-order valence-corrected chi connectivity index (χ2v) is 3.34. The number of aliphatic hydroxyl groups is 1. The molecule has 0 aromatic rings. The molecule has 1 saturated carbocycles. The molecule has 0 spiro atoms. The molecule has 2 nitrogen and oxygen atoms in total. The fraction of sp³-hybridized carbons (Fsp3) is 0.857. The van der Waals surface area contributed by atoms with Gasteiger partial charge in [-0.3, -0.25) is 0 Å². The Morgan fingerprint density at radius 2 is 2.27 bits per heavy atom. The smallest absolute Gasteiger partial charge is 0.251 e. The molecule has 1 aliphatic rings. The number of hydrogen-bond donors (Lipinski definition) is 1. The van der Waals surface area contributed by atoms with Crippen LogP contribution in [-0.2, 0) is 4.79 Å².